The summed E-state index contributed by atoms with van der Waals surface area (Å²) in [6, 6.07) is 8.54. The number of hydrogen-bond donors (Lipinski definition) is 1. The average Bonchev–Trinajstić information content (AvgIpc) is 2.97. The fourth-order valence-corrected chi connectivity index (χ4v) is 2.36. The molecule has 1 atom stereocenters. The number of primary sulfonamides is 1. The van der Waals surface area contributed by atoms with Crippen LogP contribution in [0.1, 0.15) is 24.0 Å². The molecule has 0 saturated carbocycles. The molecule has 0 radical (unpaired) electrons. The molecular weight excluding hydrogens is 278 g/mol. The zero-order chi connectivity index (χ0) is 14.8. The monoisotopic (exact) mass is 291 g/mol. The lowest BCUT2D eigenvalue weighted by Crippen LogP contribution is -2.28. The van der Waals surface area contributed by atoms with Gasteiger partial charge in [-0.2, -0.15) is 5.10 Å². The summed E-state index contributed by atoms with van der Waals surface area (Å²) < 4.78 is 20.8. The summed E-state index contributed by atoms with van der Waals surface area (Å²) in [6.07, 6.45) is 5.23. The smallest absolute Gasteiger partial charge is 0.261 e. The van der Waals surface area contributed by atoms with Gasteiger partial charge < -0.3 is 0 Å². The van der Waals surface area contributed by atoms with Gasteiger partial charge in [-0.3, -0.25) is 4.79 Å². The Morgan fingerprint density at radius 1 is 1.25 bits per heavy atom. The van der Waals surface area contributed by atoms with Crippen molar-refractivity contribution in [1.82, 2.24) is 0 Å². The van der Waals surface area contributed by atoms with Crippen molar-refractivity contribution in [3.05, 3.63) is 41.5 Å². The third-order valence-corrected chi connectivity index (χ3v) is 3.68. The molecule has 20 heavy (non-hydrogen) atoms. The van der Waals surface area contributed by atoms with E-state index in [1.165, 1.54) is 11.1 Å². The Labute approximate surface area is 116 Å². The zero-order valence-corrected chi connectivity index (χ0v) is 11.5. The maximum atomic E-state index is 10.5. The molecule has 2 aliphatic rings. The van der Waals surface area contributed by atoms with E-state index >= 15 is 0 Å². The molecule has 0 amide bonds. The van der Waals surface area contributed by atoms with Crippen LogP contribution in [0, 0.1) is 0 Å². The summed E-state index contributed by atoms with van der Waals surface area (Å²) in [5.41, 5.74) is 2.84. The Bertz CT molecular complexity index is 733. The van der Waals surface area contributed by atoms with Gasteiger partial charge in [0.25, 0.3) is 10.0 Å². The van der Waals surface area contributed by atoms with Crippen LogP contribution in [0.4, 0.5) is 0 Å². The first-order valence-corrected chi connectivity index (χ1v) is 7.39. The number of ketones is 1. The number of allylic oxidation sites excluding steroid dienone is 1. The third-order valence-electron chi connectivity index (χ3n) is 2.85. The van der Waals surface area contributed by atoms with Crippen LogP contribution in [0.2, 0.25) is 0 Å². The quantitative estimate of drug-likeness (QED) is 0.773. The highest BCUT2D eigenvalue weighted by Crippen LogP contribution is 2.28. The molecule has 1 aliphatic heterocycles. The van der Waals surface area contributed by atoms with Crippen LogP contribution < -0.4 is 5.14 Å². The zero-order valence-electron chi connectivity index (χ0n) is 10.7. The lowest BCUT2D eigenvalue weighted by Gasteiger charge is -2.01. The summed E-state index contributed by atoms with van der Waals surface area (Å²) in [6.45, 7) is 2.22. The number of sulfonamides is 1. The van der Waals surface area contributed by atoms with Crippen LogP contribution in [0.3, 0.4) is 0 Å². The van der Waals surface area contributed by atoms with Crippen LogP contribution in [0.15, 0.2) is 40.5 Å². The Hall–Kier alpha value is -2.12. The predicted molar refractivity (Wildman–Crippen MR) is 77.9 cm³/mol. The number of rotatable bonds is 0. The fourth-order valence-electron chi connectivity index (χ4n) is 1.86. The van der Waals surface area contributed by atoms with Crippen molar-refractivity contribution < 1.29 is 13.2 Å². The highest BCUT2D eigenvalue weighted by Gasteiger charge is 2.24. The van der Waals surface area contributed by atoms with Gasteiger partial charge in [-0.1, -0.05) is 43.3 Å². The summed E-state index contributed by atoms with van der Waals surface area (Å²) in [5, 5.41) is 9.95. The molecule has 104 valence electrons. The van der Waals surface area contributed by atoms with E-state index in [4.69, 9.17) is 0 Å². The average molecular weight is 291 g/mol. The number of carbonyl (C=O) groups is 1. The normalized spacial score (nSPS) is 19.4. The Morgan fingerprint density at radius 2 is 1.95 bits per heavy atom. The first-order valence-electron chi connectivity index (χ1n) is 5.85. The molecular formula is C13H13N3O3S. The van der Waals surface area contributed by atoms with E-state index in [0.717, 1.165) is 6.21 Å². The van der Waals surface area contributed by atoms with E-state index in [0.29, 0.717) is 5.92 Å². The summed E-state index contributed by atoms with van der Waals surface area (Å²) in [4.78, 5) is 10.5. The minimum absolute atomic E-state index is 0.621. The number of benzene rings is 1. The van der Waals surface area contributed by atoms with E-state index in [1.54, 1.807) is 0 Å². The lowest BCUT2D eigenvalue weighted by atomic mass is 10.0. The number of Topliss-reactive ketones (excluding diaryl/α,β-unsaturated/α-hetero) is 1. The SMILES string of the molecule is CC1C=Cc2ccccc21.NS(=O)(=O)C1=NN=CC1=O. The van der Waals surface area contributed by atoms with Crippen molar-refractivity contribution in [3.63, 3.8) is 0 Å². The first kappa shape index (κ1) is 14.3. The van der Waals surface area contributed by atoms with Crippen molar-refractivity contribution in [3.8, 4) is 0 Å². The molecule has 0 fully saturated rings. The van der Waals surface area contributed by atoms with E-state index in [9.17, 15) is 13.2 Å². The molecule has 1 heterocycles. The molecule has 1 aromatic rings. The largest absolute Gasteiger partial charge is 0.285 e. The van der Waals surface area contributed by atoms with Gasteiger partial charge in [0.2, 0.25) is 10.8 Å². The van der Waals surface area contributed by atoms with Gasteiger partial charge in [-0.25, -0.2) is 13.6 Å². The molecule has 3 rings (SSSR count). The van der Waals surface area contributed by atoms with Gasteiger partial charge in [0.1, 0.15) is 6.21 Å². The summed E-state index contributed by atoms with van der Waals surface area (Å²) in [7, 11) is -3.98. The molecule has 1 unspecified atom stereocenters. The molecule has 1 aliphatic carbocycles. The maximum Gasteiger partial charge on any atom is 0.261 e. The Balaban J connectivity index is 0.000000147. The molecule has 0 saturated heterocycles. The van der Waals surface area contributed by atoms with Crippen LogP contribution in [-0.4, -0.2) is 25.5 Å². The van der Waals surface area contributed by atoms with E-state index in [1.807, 2.05) is 0 Å². The minimum atomic E-state index is -3.98. The van der Waals surface area contributed by atoms with Crippen LogP contribution in [-0.2, 0) is 14.8 Å². The molecule has 6 nitrogen and oxygen atoms in total. The molecule has 2 N–H and O–H groups in total. The third kappa shape index (κ3) is 3.06. The lowest BCUT2D eigenvalue weighted by molar-refractivity contribution is -0.106. The van der Waals surface area contributed by atoms with Crippen molar-refractivity contribution >= 4 is 33.1 Å². The van der Waals surface area contributed by atoms with Crippen molar-refractivity contribution in [2.75, 3.05) is 0 Å². The van der Waals surface area contributed by atoms with Crippen molar-refractivity contribution in [1.29, 1.82) is 0 Å². The van der Waals surface area contributed by atoms with Crippen molar-refractivity contribution in [2.24, 2.45) is 15.3 Å². The highest BCUT2D eigenvalue weighted by atomic mass is 32.2. The number of nitrogens with zero attached hydrogens (tertiary/aromatic N) is 2. The highest BCUT2D eigenvalue weighted by molar-refractivity contribution is 8.06. The second-order valence-electron chi connectivity index (χ2n) is 4.34. The van der Waals surface area contributed by atoms with Gasteiger partial charge in [-0.05, 0) is 17.0 Å². The van der Waals surface area contributed by atoms with Crippen LogP contribution in [0.25, 0.3) is 6.08 Å². The number of carbonyl (C=O) groups excluding carboxylic acids is 1. The van der Waals surface area contributed by atoms with Gasteiger partial charge in [0, 0.05) is 0 Å². The van der Waals surface area contributed by atoms with Crippen LogP contribution in [0.5, 0.6) is 0 Å². The first-order chi connectivity index (χ1) is 9.39. The second-order valence-corrected chi connectivity index (χ2v) is 5.81. The molecule has 0 bridgehead atoms. The Kier molecular flexibility index (Phi) is 3.91. The van der Waals surface area contributed by atoms with E-state index < -0.39 is 20.9 Å². The summed E-state index contributed by atoms with van der Waals surface area (Å²) in [5.74, 6) is -0.154. The standard InChI is InChI=1S/C10H10.C3H3N3O3S/c1-8-6-7-9-4-2-3-5-10(8)9;4-10(8,9)3-2(7)1-5-6-3/h2-8H,1H3;1H,(H2,4,8,9). The molecule has 7 heteroatoms. The maximum absolute atomic E-state index is 10.5. The molecule has 0 aromatic heterocycles. The number of nitrogens with two attached hydrogens (primary N) is 1. The topological polar surface area (TPSA) is 102 Å². The minimum Gasteiger partial charge on any atom is -0.285 e. The van der Waals surface area contributed by atoms with Crippen LogP contribution >= 0.6 is 0 Å². The number of hydrogen-bond acceptors (Lipinski definition) is 5. The number of fused-ring (bicyclic) bond motifs is 1. The van der Waals surface area contributed by atoms with Gasteiger partial charge >= 0.3 is 0 Å². The van der Waals surface area contributed by atoms with Gasteiger partial charge in [0.05, 0.1) is 0 Å². The van der Waals surface area contributed by atoms with Gasteiger partial charge in [-0.15, -0.1) is 5.10 Å². The van der Waals surface area contributed by atoms with Crippen molar-refractivity contribution in [2.45, 2.75) is 12.8 Å². The Morgan fingerprint density at radius 3 is 2.45 bits per heavy atom. The van der Waals surface area contributed by atoms with Gasteiger partial charge in [0.15, 0.2) is 0 Å². The molecule has 0 spiro atoms. The molecule has 1 aromatic carbocycles. The predicted octanol–water partition coefficient (Wildman–Crippen LogP) is 1.06. The second kappa shape index (κ2) is 5.48. The van der Waals surface area contributed by atoms with E-state index in [-0.39, 0.29) is 0 Å². The summed E-state index contributed by atoms with van der Waals surface area (Å²) >= 11 is 0. The fraction of sp³-hybridized carbons (Fsp3) is 0.154. The van der Waals surface area contributed by atoms with E-state index in [2.05, 4.69) is 58.7 Å².